The minimum absolute atomic E-state index is 0.0215. The number of hydrogen-bond donors (Lipinski definition) is 18. The molecule has 23 N–H and O–H groups in total. The lowest BCUT2D eigenvalue weighted by Gasteiger charge is -2.30. The minimum atomic E-state index is -1.42. The lowest BCUT2D eigenvalue weighted by molar-refractivity contribution is -0.142. The maximum Gasteiger partial charge on any atom is 0.407 e. The van der Waals surface area contributed by atoms with Crippen LogP contribution in [-0.2, 0) is 71.9 Å². The highest BCUT2D eigenvalue weighted by Crippen LogP contribution is 2.44. The highest BCUT2D eigenvalue weighted by molar-refractivity contribution is 6.00. The summed E-state index contributed by atoms with van der Waals surface area (Å²) in [5.74, 6) is -8.14. The molecule has 9 atom stereocenters. The Labute approximate surface area is 673 Å². The van der Waals surface area contributed by atoms with Crippen LogP contribution in [0.4, 0.5) is 4.79 Å². The smallest absolute Gasteiger partial charge is 0.407 e. The number of likely N-dealkylation sites (tertiary alicyclic amines) is 1. The van der Waals surface area contributed by atoms with Crippen LogP contribution in [0.15, 0.2) is 140 Å². The quantitative estimate of drug-likeness (QED) is 0.0236. The number of nitrogens with zero attached hydrogens (tertiary/aromatic N) is 1. The number of fused-ring (bicyclic) bond motifs is 6. The summed E-state index contributed by atoms with van der Waals surface area (Å²) < 4.78 is 5.91. The molecule has 1 fully saturated rings. The number of carboxylic acid groups (broad SMARTS) is 1. The van der Waals surface area contributed by atoms with Crippen molar-refractivity contribution in [3.8, 4) is 11.1 Å². The molecule has 620 valence electrons. The molecule has 2 aliphatic rings. The molecule has 10 rings (SSSR count). The Morgan fingerprint density at radius 1 is 0.414 bits per heavy atom. The molecule has 10 amide bonds. The van der Waals surface area contributed by atoms with E-state index in [-0.39, 0.29) is 96.5 Å². The molecule has 0 bridgehead atoms. The number of amides is 10. The summed E-state index contributed by atoms with van der Waals surface area (Å²) in [5.41, 5.74) is 37.8. The molecule has 1 aliphatic heterocycles. The summed E-state index contributed by atoms with van der Waals surface area (Å²) in [4.78, 5) is 170. The molecule has 1 aliphatic carbocycles. The van der Waals surface area contributed by atoms with Crippen molar-refractivity contribution in [3.63, 3.8) is 0 Å². The number of benzene rings is 5. The summed E-state index contributed by atoms with van der Waals surface area (Å²) in [5, 5.41) is 37.6. The molecule has 31 heteroatoms. The fourth-order valence-corrected chi connectivity index (χ4v) is 15.4. The molecule has 5 aromatic carbocycles. The van der Waals surface area contributed by atoms with E-state index in [9.17, 15) is 38.7 Å². The van der Waals surface area contributed by atoms with Gasteiger partial charge in [-0.1, -0.05) is 103 Å². The molecule has 3 aromatic heterocycles. The van der Waals surface area contributed by atoms with Gasteiger partial charge in [-0.05, 0) is 199 Å². The lowest BCUT2D eigenvalue weighted by atomic mass is 9.98. The summed E-state index contributed by atoms with van der Waals surface area (Å²) in [6.45, 7) is 0.839. The highest BCUT2D eigenvalue weighted by atomic mass is 16.5. The third-order valence-corrected chi connectivity index (χ3v) is 21.7. The molecule has 1 saturated heterocycles. The number of alkyl carbamates (subject to hydrolysis) is 1. The van der Waals surface area contributed by atoms with Gasteiger partial charge in [-0.15, -0.1) is 0 Å². The number of para-hydroxylation sites is 3. The number of nitrogens with one attached hydrogen (secondary N) is 12. The Kier molecular flexibility index (Phi) is 32.8. The van der Waals surface area contributed by atoms with Gasteiger partial charge in [0.2, 0.25) is 53.2 Å². The van der Waals surface area contributed by atoms with Gasteiger partial charge in [0.1, 0.15) is 61.0 Å². The van der Waals surface area contributed by atoms with Crippen LogP contribution in [0.2, 0.25) is 0 Å². The molecule has 0 unspecified atom stereocenters. The van der Waals surface area contributed by atoms with E-state index >= 15 is 19.2 Å². The van der Waals surface area contributed by atoms with E-state index in [1.165, 1.54) is 4.90 Å². The van der Waals surface area contributed by atoms with Crippen molar-refractivity contribution in [2.45, 2.75) is 189 Å². The van der Waals surface area contributed by atoms with Crippen molar-refractivity contribution in [2.24, 2.45) is 28.7 Å². The zero-order valence-corrected chi connectivity index (χ0v) is 65.5. The van der Waals surface area contributed by atoms with Gasteiger partial charge in [0.25, 0.3) is 0 Å². The normalized spacial score (nSPS) is 15.2. The highest BCUT2D eigenvalue weighted by Gasteiger charge is 2.41. The summed E-state index contributed by atoms with van der Waals surface area (Å²) in [6.07, 6.45) is 9.32. The first-order valence-corrected chi connectivity index (χ1v) is 40.5. The van der Waals surface area contributed by atoms with Crippen LogP contribution in [0.1, 0.15) is 143 Å². The average molecular weight is 1590 g/mol. The molecule has 116 heavy (non-hydrogen) atoms. The standard InChI is InChI=1S/C85H112N18O13/c86-38-16-11-32-66(76(105)99-73(46-54-49-93-65-31-10-7-24-57(54)65)81(110)98-70(84(113)114)36-15-20-42-90)95-75(104)50-94-82(111)74-37-21-43-103(74)83(112)69(35-14-19-41-89)97-80(109)72(45-53-48-92-64-30-9-6-23-56(53)64)100-77(106)67(33-12-17-39-87)96-79(108)71(44-52-47-91-63-29-8-5-22-55(52)63)101-78(107)68(34-13-18-40-88)102-85(115)116-51-62-60-27-3-1-25-58(60)59-26-2-4-28-61(59)62/h1-10,22-31,47-49,62,66-74,91-93H,11-21,32-46,50-51,86-90H2,(H,94,111)(H,95,104)(H,96,108)(H,97,109)(H,98,110)(H,99,105)(H,100,106)(H,101,107)(H,102,115)(H,113,114)/t66-,67-,68-,69-,70-,71-,72-,73-,74+/m1/s1. The van der Waals surface area contributed by atoms with Crippen molar-refractivity contribution < 1.29 is 62.6 Å². The number of carbonyl (C=O) groups excluding carboxylic acids is 10. The minimum Gasteiger partial charge on any atom is -0.480 e. The largest absolute Gasteiger partial charge is 0.480 e. The molecule has 0 radical (unpaired) electrons. The zero-order valence-electron chi connectivity index (χ0n) is 65.5. The van der Waals surface area contributed by atoms with Crippen molar-refractivity contribution in [1.29, 1.82) is 0 Å². The maximum absolute atomic E-state index is 15.4. The topological polar surface area (TPSA) is 506 Å². The Hall–Kier alpha value is -11.5. The fraction of sp³-hybridized carbons (Fsp3) is 0.447. The van der Waals surface area contributed by atoms with Gasteiger partial charge in [-0.25, -0.2) is 9.59 Å². The van der Waals surface area contributed by atoms with Crippen LogP contribution in [0.5, 0.6) is 0 Å². The van der Waals surface area contributed by atoms with Gasteiger partial charge in [-0.2, -0.15) is 0 Å². The molecule has 0 spiro atoms. The second kappa shape index (κ2) is 43.8. The Morgan fingerprint density at radius 3 is 1.18 bits per heavy atom. The fourth-order valence-electron chi connectivity index (χ4n) is 15.4. The number of carbonyl (C=O) groups is 11. The number of unbranched alkanes of at least 4 members (excludes halogenated alkanes) is 5. The second-order valence-electron chi connectivity index (χ2n) is 29.9. The first-order chi connectivity index (χ1) is 56.3. The van der Waals surface area contributed by atoms with Crippen molar-refractivity contribution in [3.05, 3.63) is 168 Å². The number of aromatic nitrogens is 3. The van der Waals surface area contributed by atoms with Crippen LogP contribution >= 0.6 is 0 Å². The van der Waals surface area contributed by atoms with Crippen LogP contribution in [0.25, 0.3) is 43.8 Å². The van der Waals surface area contributed by atoms with Crippen molar-refractivity contribution in [2.75, 3.05) is 52.4 Å². The Bertz CT molecular complexity index is 4630. The third-order valence-electron chi connectivity index (χ3n) is 21.7. The number of hydrogen-bond acceptors (Lipinski definition) is 17. The number of ether oxygens (including phenoxy) is 1. The van der Waals surface area contributed by atoms with Crippen LogP contribution in [0, 0.1) is 0 Å². The SMILES string of the molecule is NCCCC[C@@H](NC(=O)[C@@H](Cc1c[nH]c2ccccc12)NC(=O)[C@@H](CCCCN)NC(=O)CNC(=O)[C@@H]1CCCN1C(=O)[C@@H](CCCCN)NC(=O)[C@@H](Cc1c[nH]c2ccccc12)NC(=O)[C@@H](CCCCN)NC(=O)[C@@H](Cc1c[nH]c2ccccc12)NC(=O)[C@@H](CCCCN)NC(=O)OCC1c2ccccc2-c2ccccc21)C(=O)O. The summed E-state index contributed by atoms with van der Waals surface area (Å²) >= 11 is 0. The number of H-pyrrole nitrogens is 3. The van der Waals surface area contributed by atoms with Gasteiger partial charge in [0.05, 0.1) is 6.54 Å². The van der Waals surface area contributed by atoms with E-state index < -0.39 is 126 Å². The van der Waals surface area contributed by atoms with E-state index in [2.05, 4.69) is 62.8 Å². The van der Waals surface area contributed by atoms with Crippen LogP contribution < -0.4 is 76.5 Å². The first-order valence-electron chi connectivity index (χ1n) is 40.5. The first kappa shape index (κ1) is 86.9. The molecule has 0 saturated carbocycles. The van der Waals surface area contributed by atoms with Crippen LogP contribution in [0.3, 0.4) is 0 Å². The monoisotopic (exact) mass is 1590 g/mol. The Morgan fingerprint density at radius 2 is 0.759 bits per heavy atom. The van der Waals surface area contributed by atoms with E-state index in [0.717, 1.165) is 55.0 Å². The predicted molar refractivity (Wildman–Crippen MR) is 441 cm³/mol. The van der Waals surface area contributed by atoms with E-state index in [1.807, 2.05) is 121 Å². The van der Waals surface area contributed by atoms with Gasteiger partial charge in [-0.3, -0.25) is 43.2 Å². The summed E-state index contributed by atoms with van der Waals surface area (Å²) in [7, 11) is 0. The van der Waals surface area contributed by atoms with E-state index in [0.29, 0.717) is 100 Å². The van der Waals surface area contributed by atoms with Crippen molar-refractivity contribution in [1.82, 2.24) is 67.7 Å². The third kappa shape index (κ3) is 23.6. The molecule has 4 heterocycles. The van der Waals surface area contributed by atoms with E-state index in [4.69, 9.17) is 33.4 Å². The van der Waals surface area contributed by atoms with Crippen molar-refractivity contribution >= 4 is 97.9 Å². The molecule has 31 nitrogen and oxygen atoms in total. The van der Waals surface area contributed by atoms with Crippen LogP contribution in [-0.4, -0.2) is 197 Å². The number of carboxylic acids is 1. The zero-order chi connectivity index (χ0) is 82.5. The van der Waals surface area contributed by atoms with Gasteiger partial charge < -0.3 is 106 Å². The number of aliphatic carboxylic acids is 1. The number of aromatic amines is 3. The number of nitrogens with two attached hydrogens (primary N) is 5. The summed E-state index contributed by atoms with van der Waals surface area (Å²) in [6, 6.07) is 26.4. The lowest BCUT2D eigenvalue weighted by Crippen LogP contribution is -2.60. The van der Waals surface area contributed by atoms with Gasteiger partial charge in [0.15, 0.2) is 0 Å². The van der Waals surface area contributed by atoms with Gasteiger partial charge >= 0.3 is 12.1 Å². The molecule has 8 aromatic rings. The Balaban J connectivity index is 0.841. The average Bonchev–Trinajstić information content (AvgIpc) is 1.62. The van der Waals surface area contributed by atoms with E-state index in [1.54, 1.807) is 18.6 Å². The molecular formula is C85H112N18O13. The maximum atomic E-state index is 15.4. The molecular weight excluding hydrogens is 1480 g/mol. The predicted octanol–water partition coefficient (Wildman–Crippen LogP) is 4.30. The van der Waals surface area contributed by atoms with Gasteiger partial charge in [0, 0.05) is 83.0 Å². The second-order valence-corrected chi connectivity index (χ2v) is 29.9. The number of rotatable bonds is 47.